The van der Waals surface area contributed by atoms with Gasteiger partial charge in [0.1, 0.15) is 5.75 Å². The summed E-state index contributed by atoms with van der Waals surface area (Å²) in [6, 6.07) is 2.28. The van der Waals surface area contributed by atoms with Crippen molar-refractivity contribution in [3.05, 3.63) is 26.3 Å². The highest BCUT2D eigenvalue weighted by molar-refractivity contribution is 14.1. The molecular weight excluding hydrogens is 423 g/mol. The molecule has 3 aliphatic carbocycles. The molecule has 0 bridgehead atoms. The minimum absolute atomic E-state index is 0.101. The van der Waals surface area contributed by atoms with Gasteiger partial charge < -0.3 is 10.2 Å². The lowest BCUT2D eigenvalue weighted by Gasteiger charge is -2.50. The second-order valence-electron chi connectivity index (χ2n) is 9.05. The van der Waals surface area contributed by atoms with Gasteiger partial charge in [-0.25, -0.2) is 0 Å². The summed E-state index contributed by atoms with van der Waals surface area (Å²) in [5.41, 5.74) is 4.35. The fraction of sp³-hybridized carbons (Fsp3) is 0.727. The highest BCUT2D eigenvalue weighted by atomic mass is 127. The Morgan fingerprint density at radius 1 is 1.28 bits per heavy atom. The number of phenols is 1. The van der Waals surface area contributed by atoms with E-state index in [1.54, 1.807) is 0 Å². The molecule has 0 saturated heterocycles. The van der Waals surface area contributed by atoms with Crippen LogP contribution in [0.4, 0.5) is 0 Å². The average molecular weight is 454 g/mol. The molecule has 4 rings (SSSR count). The monoisotopic (exact) mass is 454 g/mol. The minimum Gasteiger partial charge on any atom is -0.507 e. The molecule has 0 heterocycles. The van der Waals surface area contributed by atoms with Crippen LogP contribution in [0.25, 0.3) is 0 Å². The van der Waals surface area contributed by atoms with E-state index in [4.69, 9.17) is 0 Å². The van der Waals surface area contributed by atoms with Crippen molar-refractivity contribution in [1.29, 1.82) is 0 Å². The van der Waals surface area contributed by atoms with Crippen LogP contribution in [0.15, 0.2) is 6.07 Å². The second-order valence-corrected chi connectivity index (χ2v) is 10.2. The van der Waals surface area contributed by atoms with Gasteiger partial charge in [-0.1, -0.05) is 20.8 Å². The van der Waals surface area contributed by atoms with Crippen LogP contribution < -0.4 is 0 Å². The lowest BCUT2D eigenvalue weighted by atomic mass is 9.55. The van der Waals surface area contributed by atoms with E-state index in [0.717, 1.165) is 29.3 Å². The third-order valence-corrected chi connectivity index (χ3v) is 8.88. The Labute approximate surface area is 165 Å². The molecule has 0 spiro atoms. The van der Waals surface area contributed by atoms with Crippen LogP contribution in [0.2, 0.25) is 0 Å². The standard InChI is InChI=1S/C22H31IO2/c1-4-12(2)20-15-6-5-14-13(16(15)11-18(23)21(20)25)9-10-22(3)17(14)7-8-19(22)24/h11-14,17,19,24-25H,4-10H2,1-3H3/t12?,13-,14+,17-,19-,22-/m0/s1. The smallest absolute Gasteiger partial charge is 0.132 e. The molecule has 0 amide bonds. The number of fused-ring (bicyclic) bond motifs is 5. The number of hydrogen-bond donors (Lipinski definition) is 2. The summed E-state index contributed by atoms with van der Waals surface area (Å²) >= 11 is 2.32. The number of hydrogen-bond acceptors (Lipinski definition) is 2. The maximum absolute atomic E-state index is 10.7. The molecule has 3 heteroatoms. The number of benzene rings is 1. The van der Waals surface area contributed by atoms with Crippen molar-refractivity contribution < 1.29 is 10.2 Å². The molecule has 0 radical (unpaired) electrons. The molecule has 2 N–H and O–H groups in total. The molecule has 3 aliphatic rings. The molecule has 2 saturated carbocycles. The predicted octanol–water partition coefficient (Wildman–Crippen LogP) is 5.73. The molecule has 0 aliphatic heterocycles. The van der Waals surface area contributed by atoms with Crippen molar-refractivity contribution in [3.63, 3.8) is 0 Å². The Bertz CT molecular complexity index is 685. The Kier molecular flexibility index (Phi) is 4.63. The largest absolute Gasteiger partial charge is 0.507 e. The van der Waals surface area contributed by atoms with Gasteiger partial charge in [-0.05, 0) is 114 Å². The number of rotatable bonds is 2. The topological polar surface area (TPSA) is 40.5 Å². The second kappa shape index (κ2) is 6.40. The van der Waals surface area contributed by atoms with E-state index in [-0.39, 0.29) is 11.5 Å². The van der Waals surface area contributed by atoms with Crippen molar-refractivity contribution in [3.8, 4) is 5.75 Å². The third kappa shape index (κ3) is 2.59. The third-order valence-electron chi connectivity index (χ3n) is 8.06. The Balaban J connectivity index is 1.78. The van der Waals surface area contributed by atoms with Crippen molar-refractivity contribution >= 4 is 22.6 Å². The summed E-state index contributed by atoms with van der Waals surface area (Å²) in [5, 5.41) is 21.3. The molecular formula is C22H31IO2. The zero-order valence-corrected chi connectivity index (χ0v) is 17.8. The summed E-state index contributed by atoms with van der Waals surface area (Å²) in [7, 11) is 0. The van der Waals surface area contributed by atoms with Crippen molar-refractivity contribution in [1.82, 2.24) is 0 Å². The normalized spacial score (nSPS) is 38.0. The van der Waals surface area contributed by atoms with Crippen LogP contribution >= 0.6 is 22.6 Å². The van der Waals surface area contributed by atoms with Gasteiger partial charge in [-0.2, -0.15) is 0 Å². The zero-order valence-electron chi connectivity index (χ0n) is 15.7. The van der Waals surface area contributed by atoms with Crippen molar-refractivity contribution in [2.24, 2.45) is 17.3 Å². The number of halogens is 1. The number of aromatic hydroxyl groups is 1. The zero-order chi connectivity index (χ0) is 17.9. The minimum atomic E-state index is -0.101. The summed E-state index contributed by atoms with van der Waals surface area (Å²) in [6.45, 7) is 6.81. The van der Waals surface area contributed by atoms with Crippen LogP contribution in [0.3, 0.4) is 0 Å². The predicted molar refractivity (Wildman–Crippen MR) is 110 cm³/mol. The van der Waals surface area contributed by atoms with Gasteiger partial charge in [0.2, 0.25) is 0 Å². The fourth-order valence-electron chi connectivity index (χ4n) is 6.42. The van der Waals surface area contributed by atoms with Gasteiger partial charge in [0, 0.05) is 5.56 Å². The summed E-state index contributed by atoms with van der Waals surface area (Å²) in [6.07, 6.45) is 7.83. The fourth-order valence-corrected chi connectivity index (χ4v) is 7.05. The molecule has 1 unspecified atom stereocenters. The molecule has 1 aromatic carbocycles. The van der Waals surface area contributed by atoms with E-state index >= 15 is 0 Å². The van der Waals surface area contributed by atoms with Gasteiger partial charge in [0.05, 0.1) is 9.67 Å². The SMILES string of the molecule is CCC(C)c1c(O)c(I)cc2c1CC[C@@H]1[C@@H]2CC[C@]2(C)[C@@H](O)CC[C@@H]12. The van der Waals surface area contributed by atoms with Crippen LogP contribution in [-0.4, -0.2) is 16.3 Å². The first-order valence-corrected chi connectivity index (χ1v) is 11.2. The molecule has 2 fully saturated rings. The van der Waals surface area contributed by atoms with E-state index in [9.17, 15) is 10.2 Å². The van der Waals surface area contributed by atoms with E-state index < -0.39 is 0 Å². The van der Waals surface area contributed by atoms with Gasteiger partial charge in [-0.15, -0.1) is 0 Å². The molecule has 138 valence electrons. The highest BCUT2D eigenvalue weighted by Gasteiger charge is 2.54. The van der Waals surface area contributed by atoms with Gasteiger partial charge in [0.15, 0.2) is 0 Å². The molecule has 1 aromatic rings. The Hall–Kier alpha value is -0.290. The summed E-state index contributed by atoms with van der Waals surface area (Å²) in [5.74, 6) is 2.97. The van der Waals surface area contributed by atoms with Crippen molar-refractivity contribution in [2.45, 2.75) is 83.7 Å². The lowest BCUT2D eigenvalue weighted by Crippen LogP contribution is -2.44. The summed E-state index contributed by atoms with van der Waals surface area (Å²) < 4.78 is 1.02. The quantitative estimate of drug-likeness (QED) is 0.561. The Morgan fingerprint density at radius 2 is 2.04 bits per heavy atom. The number of aliphatic hydroxyl groups is 1. The average Bonchev–Trinajstić information content (AvgIpc) is 2.90. The first-order valence-electron chi connectivity index (χ1n) is 10.1. The molecule has 6 atom stereocenters. The maximum Gasteiger partial charge on any atom is 0.132 e. The van der Waals surface area contributed by atoms with Crippen LogP contribution in [0, 0.1) is 20.8 Å². The Morgan fingerprint density at radius 3 is 2.76 bits per heavy atom. The van der Waals surface area contributed by atoms with E-state index in [2.05, 4.69) is 49.4 Å². The van der Waals surface area contributed by atoms with Crippen LogP contribution in [0.5, 0.6) is 5.75 Å². The first-order chi connectivity index (χ1) is 11.9. The number of phenolic OH excluding ortho intramolecular Hbond substituents is 1. The van der Waals surface area contributed by atoms with E-state index in [1.807, 2.05) is 0 Å². The van der Waals surface area contributed by atoms with E-state index in [1.165, 1.54) is 36.0 Å². The first kappa shape index (κ1) is 18.1. The molecule has 0 aromatic heterocycles. The molecule has 25 heavy (non-hydrogen) atoms. The van der Waals surface area contributed by atoms with Crippen LogP contribution in [0.1, 0.15) is 87.8 Å². The van der Waals surface area contributed by atoms with Gasteiger partial charge in [-0.3, -0.25) is 0 Å². The van der Waals surface area contributed by atoms with Gasteiger partial charge in [0.25, 0.3) is 0 Å². The van der Waals surface area contributed by atoms with Gasteiger partial charge >= 0.3 is 0 Å². The van der Waals surface area contributed by atoms with E-state index in [0.29, 0.717) is 29.4 Å². The van der Waals surface area contributed by atoms with Crippen LogP contribution in [-0.2, 0) is 6.42 Å². The highest BCUT2D eigenvalue weighted by Crippen LogP contribution is 2.61. The summed E-state index contributed by atoms with van der Waals surface area (Å²) in [4.78, 5) is 0. The van der Waals surface area contributed by atoms with Crippen molar-refractivity contribution in [2.75, 3.05) is 0 Å². The molecule has 2 nitrogen and oxygen atoms in total. The lowest BCUT2D eigenvalue weighted by molar-refractivity contribution is -0.0226. The number of aliphatic hydroxyl groups excluding tert-OH is 1. The maximum atomic E-state index is 10.7.